The third kappa shape index (κ3) is 6.46. The van der Waals surface area contributed by atoms with E-state index in [4.69, 9.17) is 51.3 Å². The highest BCUT2D eigenvalue weighted by Gasteiger charge is 2.52. The lowest BCUT2D eigenvalue weighted by atomic mass is 9.96. The molecule has 15 heteroatoms. The minimum Gasteiger partial charge on any atom is -0.463 e. The largest absolute Gasteiger partial charge is 0.463 e. The molecule has 12 nitrogen and oxygen atoms in total. The van der Waals surface area contributed by atoms with Crippen LogP contribution in [0.15, 0.2) is 15.3 Å². The van der Waals surface area contributed by atoms with Gasteiger partial charge >= 0.3 is 22.8 Å². The topological polar surface area (TPSA) is 157 Å². The molecule has 1 N–H and O–H groups in total. The molecular formula is C21H21Cl2NO11S. The average Bonchev–Trinajstić information content (AvgIpc) is 3.13. The minimum absolute atomic E-state index is 0.0506. The van der Waals surface area contributed by atoms with Gasteiger partial charge in [-0.05, 0) is 0 Å². The first-order valence-electron chi connectivity index (χ1n) is 10.4. The Morgan fingerprint density at radius 3 is 2.22 bits per heavy atom. The number of esters is 3. The maximum absolute atomic E-state index is 12.0. The van der Waals surface area contributed by atoms with Crippen LogP contribution >= 0.6 is 34.5 Å². The molecule has 1 aromatic heterocycles. The zero-order chi connectivity index (χ0) is 26.7. The first-order chi connectivity index (χ1) is 16.9. The van der Waals surface area contributed by atoms with Crippen molar-refractivity contribution in [2.75, 3.05) is 6.61 Å². The van der Waals surface area contributed by atoms with E-state index in [0.29, 0.717) is 4.70 Å². The summed E-state index contributed by atoms with van der Waals surface area (Å²) in [6, 6.07) is 0.158. The van der Waals surface area contributed by atoms with E-state index >= 15 is 0 Å². The normalized spacial score (nSPS) is 23.6. The van der Waals surface area contributed by atoms with Gasteiger partial charge in [-0.3, -0.25) is 19.2 Å². The van der Waals surface area contributed by atoms with Crippen LogP contribution in [0.2, 0.25) is 10.0 Å². The smallest absolute Gasteiger partial charge is 0.396 e. The highest BCUT2D eigenvalue weighted by Crippen LogP contribution is 2.41. The molecule has 0 aliphatic carbocycles. The number of amides is 1. The molecule has 0 spiro atoms. The van der Waals surface area contributed by atoms with Crippen LogP contribution in [0.1, 0.15) is 27.7 Å². The summed E-state index contributed by atoms with van der Waals surface area (Å²) in [6.07, 6.45) is -5.21. The molecule has 196 valence electrons. The predicted octanol–water partition coefficient (Wildman–Crippen LogP) is 2.20. The molecule has 5 atom stereocenters. The summed E-state index contributed by atoms with van der Waals surface area (Å²) in [5.41, 5.74) is 0.0624. The lowest BCUT2D eigenvalue weighted by Gasteiger charge is -2.44. The van der Waals surface area contributed by atoms with Gasteiger partial charge in [-0.2, -0.15) is 0 Å². The van der Waals surface area contributed by atoms with E-state index in [1.165, 1.54) is 13.0 Å². The molecule has 0 saturated carbocycles. The Labute approximate surface area is 217 Å². The van der Waals surface area contributed by atoms with E-state index in [-0.39, 0.29) is 21.4 Å². The fourth-order valence-electron chi connectivity index (χ4n) is 3.53. The van der Waals surface area contributed by atoms with Crippen molar-refractivity contribution in [3.8, 4) is 5.75 Å². The standard InChI is InChI=1S/C21H21Cl2NO11S/c1-7(25)24-16-19(32-10(4)28)17(31-9(3)27)12(6-30-8(2)26)34-20(16)33-11-5-13-18(15(23)14(11)22)35-21(29)36-13/h5,12,16-17,19-20H,6H2,1-4H3,(H,24,25)/t12-,16-,17+,19+,20+/m0/s1. The molecule has 36 heavy (non-hydrogen) atoms. The highest BCUT2D eigenvalue weighted by molar-refractivity contribution is 7.16. The quantitative estimate of drug-likeness (QED) is 0.387. The number of hydrogen-bond acceptors (Lipinski definition) is 12. The molecule has 1 aliphatic heterocycles. The number of fused-ring (bicyclic) bond motifs is 1. The van der Waals surface area contributed by atoms with E-state index < -0.39 is 66.0 Å². The Bertz CT molecular complexity index is 1240. The Hall–Kier alpha value is -2.87. The summed E-state index contributed by atoms with van der Waals surface area (Å²) in [6.45, 7) is 4.19. The van der Waals surface area contributed by atoms with Crippen molar-refractivity contribution in [3.05, 3.63) is 25.8 Å². The van der Waals surface area contributed by atoms with Crippen LogP contribution in [0.4, 0.5) is 0 Å². The van der Waals surface area contributed by atoms with Crippen molar-refractivity contribution in [3.63, 3.8) is 0 Å². The van der Waals surface area contributed by atoms with Gasteiger partial charge in [-0.15, -0.1) is 0 Å². The second-order valence-electron chi connectivity index (χ2n) is 7.62. The van der Waals surface area contributed by atoms with Gasteiger partial charge in [0.1, 0.15) is 34.5 Å². The molecule has 2 aromatic rings. The highest BCUT2D eigenvalue weighted by atomic mass is 35.5. The number of rotatable bonds is 7. The molecule has 0 bridgehead atoms. The maximum atomic E-state index is 12.0. The van der Waals surface area contributed by atoms with Gasteiger partial charge in [0, 0.05) is 33.8 Å². The van der Waals surface area contributed by atoms with Crippen LogP contribution < -0.4 is 15.0 Å². The van der Waals surface area contributed by atoms with Crippen LogP contribution in [-0.4, -0.2) is 61.1 Å². The van der Waals surface area contributed by atoms with Crippen LogP contribution in [0.3, 0.4) is 0 Å². The van der Waals surface area contributed by atoms with Crippen molar-refractivity contribution in [1.82, 2.24) is 5.32 Å². The van der Waals surface area contributed by atoms with Crippen LogP contribution in [-0.2, 0) is 38.1 Å². The van der Waals surface area contributed by atoms with Crippen molar-refractivity contribution >= 4 is 68.6 Å². The fourth-order valence-corrected chi connectivity index (χ4v) is 4.71. The Morgan fingerprint density at radius 2 is 1.64 bits per heavy atom. The number of carbonyl (C=O) groups excluding carboxylic acids is 4. The van der Waals surface area contributed by atoms with Crippen LogP contribution in [0, 0.1) is 0 Å². The number of benzene rings is 1. The van der Waals surface area contributed by atoms with Gasteiger partial charge in [-0.25, -0.2) is 4.79 Å². The van der Waals surface area contributed by atoms with Crippen molar-refractivity contribution in [2.45, 2.75) is 58.3 Å². The van der Waals surface area contributed by atoms with E-state index in [1.807, 2.05) is 0 Å². The predicted molar refractivity (Wildman–Crippen MR) is 125 cm³/mol. The summed E-state index contributed by atoms with van der Waals surface area (Å²) in [5, 5.41) is 2.34. The lowest BCUT2D eigenvalue weighted by Crippen LogP contribution is -2.67. The third-order valence-electron chi connectivity index (χ3n) is 4.79. The molecular weight excluding hydrogens is 545 g/mol. The zero-order valence-electron chi connectivity index (χ0n) is 19.3. The molecule has 1 aliphatic rings. The Balaban J connectivity index is 2.07. The second kappa shape index (κ2) is 11.5. The van der Waals surface area contributed by atoms with Gasteiger partial charge in [0.2, 0.25) is 12.2 Å². The van der Waals surface area contributed by atoms with Gasteiger partial charge in [0.25, 0.3) is 0 Å². The Morgan fingerprint density at radius 1 is 1.00 bits per heavy atom. The monoisotopic (exact) mass is 565 g/mol. The average molecular weight is 566 g/mol. The molecule has 1 aromatic carbocycles. The lowest BCUT2D eigenvalue weighted by molar-refractivity contribution is -0.257. The van der Waals surface area contributed by atoms with Gasteiger partial charge in [0.15, 0.2) is 17.8 Å². The van der Waals surface area contributed by atoms with Gasteiger partial charge in [0.05, 0.1) is 4.70 Å². The van der Waals surface area contributed by atoms with Crippen LogP contribution in [0.25, 0.3) is 10.3 Å². The summed E-state index contributed by atoms with van der Waals surface area (Å²) in [7, 11) is 0. The van der Waals surface area contributed by atoms with Crippen molar-refractivity contribution in [2.24, 2.45) is 0 Å². The number of carbonyl (C=O) groups is 4. The third-order valence-corrected chi connectivity index (χ3v) is 6.39. The number of nitrogens with one attached hydrogen (secondary N) is 1. The molecule has 1 amide bonds. The summed E-state index contributed by atoms with van der Waals surface area (Å²) in [5.74, 6) is -2.76. The van der Waals surface area contributed by atoms with E-state index in [2.05, 4.69) is 5.32 Å². The number of ether oxygens (including phenoxy) is 5. The molecule has 1 fully saturated rings. The maximum Gasteiger partial charge on any atom is 0.396 e. The van der Waals surface area contributed by atoms with Gasteiger partial charge < -0.3 is 33.4 Å². The second-order valence-corrected chi connectivity index (χ2v) is 9.36. The van der Waals surface area contributed by atoms with Crippen LogP contribution in [0.5, 0.6) is 5.75 Å². The SMILES string of the molecule is CC(=O)N[C@@H]1[C@H](Oc2cc3sc(=O)oc3c(Cl)c2Cl)O[C@@H](COC(C)=O)[C@@H](OC(C)=O)[C@@H]1OC(C)=O. The summed E-state index contributed by atoms with van der Waals surface area (Å²) in [4.78, 5) is 58.3. The van der Waals surface area contributed by atoms with E-state index in [1.54, 1.807) is 0 Å². The van der Waals surface area contributed by atoms with E-state index in [9.17, 15) is 24.0 Å². The van der Waals surface area contributed by atoms with E-state index in [0.717, 1.165) is 32.1 Å². The zero-order valence-corrected chi connectivity index (χ0v) is 21.7. The molecule has 3 rings (SSSR count). The van der Waals surface area contributed by atoms with Gasteiger partial charge in [-0.1, -0.05) is 34.5 Å². The molecule has 0 radical (unpaired) electrons. The number of halogens is 2. The molecule has 2 heterocycles. The first kappa shape index (κ1) is 27.7. The number of hydrogen-bond donors (Lipinski definition) is 1. The summed E-state index contributed by atoms with van der Waals surface area (Å²) >= 11 is 13.3. The first-order valence-corrected chi connectivity index (χ1v) is 11.9. The molecule has 0 unspecified atom stereocenters. The van der Waals surface area contributed by atoms with Crippen molar-refractivity contribution in [1.29, 1.82) is 0 Å². The minimum atomic E-state index is -1.42. The Kier molecular flexibility index (Phi) is 8.82. The summed E-state index contributed by atoms with van der Waals surface area (Å²) < 4.78 is 33.0. The van der Waals surface area contributed by atoms with Crippen molar-refractivity contribution < 1.29 is 47.3 Å². The fraction of sp³-hybridized carbons (Fsp3) is 0.476. The molecule has 1 saturated heterocycles.